The first-order valence-corrected chi connectivity index (χ1v) is 6.25. The molecule has 2 rings (SSSR count). The van der Waals surface area contributed by atoms with Crippen molar-refractivity contribution in [3.05, 3.63) is 11.6 Å². The van der Waals surface area contributed by atoms with Crippen molar-refractivity contribution in [3.8, 4) is 0 Å². The summed E-state index contributed by atoms with van der Waals surface area (Å²) in [6.07, 6.45) is 3.32. The molecule has 1 aliphatic rings. The SMILES string of the molecule is Cc1nnc(COC2(CN)CCC(C)C2)n1C. The predicted octanol–water partition coefficient (Wildman–Crippen LogP) is 1.16. The van der Waals surface area contributed by atoms with Crippen LogP contribution < -0.4 is 5.73 Å². The van der Waals surface area contributed by atoms with Crippen LogP contribution in [-0.2, 0) is 18.4 Å². The van der Waals surface area contributed by atoms with Gasteiger partial charge in [-0.05, 0) is 32.1 Å². The zero-order valence-electron chi connectivity index (χ0n) is 10.9. The monoisotopic (exact) mass is 238 g/mol. The molecular weight excluding hydrogens is 216 g/mol. The van der Waals surface area contributed by atoms with E-state index in [1.807, 2.05) is 18.5 Å². The Kier molecular flexibility index (Phi) is 3.49. The van der Waals surface area contributed by atoms with Crippen molar-refractivity contribution in [2.75, 3.05) is 6.54 Å². The van der Waals surface area contributed by atoms with Gasteiger partial charge < -0.3 is 15.0 Å². The highest BCUT2D eigenvalue weighted by molar-refractivity contribution is 4.94. The van der Waals surface area contributed by atoms with E-state index in [1.54, 1.807) is 0 Å². The van der Waals surface area contributed by atoms with Crippen molar-refractivity contribution in [3.63, 3.8) is 0 Å². The van der Waals surface area contributed by atoms with E-state index in [9.17, 15) is 0 Å². The normalized spacial score (nSPS) is 28.8. The Morgan fingerprint density at radius 2 is 2.29 bits per heavy atom. The minimum absolute atomic E-state index is 0.140. The van der Waals surface area contributed by atoms with Crippen LogP contribution in [0.1, 0.15) is 37.8 Å². The highest BCUT2D eigenvalue weighted by Gasteiger charge is 2.37. The predicted molar refractivity (Wildman–Crippen MR) is 65.3 cm³/mol. The topological polar surface area (TPSA) is 66.0 Å². The third-order valence-electron chi connectivity index (χ3n) is 3.88. The van der Waals surface area contributed by atoms with Gasteiger partial charge in [0.25, 0.3) is 0 Å². The Labute approximate surface area is 102 Å². The van der Waals surface area contributed by atoms with Crippen LogP contribution in [0.4, 0.5) is 0 Å². The molecule has 1 saturated carbocycles. The molecule has 0 bridgehead atoms. The highest BCUT2D eigenvalue weighted by Crippen LogP contribution is 2.36. The first-order valence-electron chi connectivity index (χ1n) is 6.25. The van der Waals surface area contributed by atoms with Crippen LogP contribution in [0.5, 0.6) is 0 Å². The number of aryl methyl sites for hydroxylation is 1. The van der Waals surface area contributed by atoms with Crippen molar-refractivity contribution in [2.45, 2.75) is 45.3 Å². The lowest BCUT2D eigenvalue weighted by atomic mass is 10.0. The highest BCUT2D eigenvalue weighted by atomic mass is 16.5. The van der Waals surface area contributed by atoms with Crippen molar-refractivity contribution in [1.29, 1.82) is 0 Å². The molecule has 1 aromatic heterocycles. The smallest absolute Gasteiger partial charge is 0.158 e. The molecular formula is C12H22N4O. The van der Waals surface area contributed by atoms with E-state index in [1.165, 1.54) is 6.42 Å². The van der Waals surface area contributed by atoms with Crippen LogP contribution in [0, 0.1) is 12.8 Å². The second-order valence-electron chi connectivity index (χ2n) is 5.25. The van der Waals surface area contributed by atoms with Gasteiger partial charge in [0.05, 0.1) is 5.60 Å². The van der Waals surface area contributed by atoms with E-state index in [2.05, 4.69) is 17.1 Å². The maximum atomic E-state index is 6.04. The Balaban J connectivity index is 1.99. The molecule has 0 aliphatic heterocycles. The zero-order chi connectivity index (χ0) is 12.5. The summed E-state index contributed by atoms with van der Waals surface area (Å²) in [7, 11) is 1.96. The lowest BCUT2D eigenvalue weighted by Crippen LogP contribution is -2.38. The Morgan fingerprint density at radius 1 is 1.53 bits per heavy atom. The molecule has 17 heavy (non-hydrogen) atoms. The molecule has 1 aromatic rings. The minimum Gasteiger partial charge on any atom is -0.366 e. The average molecular weight is 238 g/mol. The van der Waals surface area contributed by atoms with E-state index < -0.39 is 0 Å². The van der Waals surface area contributed by atoms with Crippen molar-refractivity contribution in [1.82, 2.24) is 14.8 Å². The zero-order valence-corrected chi connectivity index (χ0v) is 10.9. The molecule has 96 valence electrons. The number of nitrogens with zero attached hydrogens (tertiary/aromatic N) is 3. The number of hydrogen-bond donors (Lipinski definition) is 1. The summed E-state index contributed by atoms with van der Waals surface area (Å²) >= 11 is 0. The molecule has 2 unspecified atom stereocenters. The van der Waals surface area contributed by atoms with Crippen molar-refractivity contribution < 1.29 is 4.74 Å². The van der Waals surface area contributed by atoms with Crippen LogP contribution in [0.25, 0.3) is 0 Å². The summed E-state index contributed by atoms with van der Waals surface area (Å²) in [6, 6.07) is 0. The minimum atomic E-state index is -0.140. The van der Waals surface area contributed by atoms with E-state index in [0.29, 0.717) is 19.1 Å². The lowest BCUT2D eigenvalue weighted by molar-refractivity contribution is -0.0506. The van der Waals surface area contributed by atoms with Gasteiger partial charge in [-0.3, -0.25) is 0 Å². The fourth-order valence-electron chi connectivity index (χ4n) is 2.52. The summed E-state index contributed by atoms with van der Waals surface area (Å²) in [4.78, 5) is 0. The van der Waals surface area contributed by atoms with Gasteiger partial charge in [-0.2, -0.15) is 0 Å². The van der Waals surface area contributed by atoms with E-state index in [0.717, 1.165) is 24.5 Å². The Bertz CT molecular complexity index is 390. The van der Waals surface area contributed by atoms with Gasteiger partial charge in [-0.1, -0.05) is 6.92 Å². The van der Waals surface area contributed by atoms with Crippen molar-refractivity contribution >= 4 is 0 Å². The quantitative estimate of drug-likeness (QED) is 0.854. The van der Waals surface area contributed by atoms with E-state index >= 15 is 0 Å². The molecule has 1 fully saturated rings. The molecule has 0 spiro atoms. The summed E-state index contributed by atoms with van der Waals surface area (Å²) < 4.78 is 8.00. The molecule has 5 nitrogen and oxygen atoms in total. The van der Waals surface area contributed by atoms with Crippen LogP contribution in [0.2, 0.25) is 0 Å². The molecule has 0 radical (unpaired) electrons. The van der Waals surface area contributed by atoms with Gasteiger partial charge in [0.1, 0.15) is 12.4 Å². The number of ether oxygens (including phenoxy) is 1. The molecule has 1 heterocycles. The fraction of sp³-hybridized carbons (Fsp3) is 0.833. The third kappa shape index (κ3) is 2.50. The standard InChI is InChI=1S/C12H22N4O/c1-9-4-5-12(6-9,8-13)17-7-11-15-14-10(2)16(11)3/h9H,4-8,13H2,1-3H3. The van der Waals surface area contributed by atoms with Gasteiger partial charge in [0.2, 0.25) is 0 Å². The Morgan fingerprint density at radius 3 is 2.76 bits per heavy atom. The summed E-state index contributed by atoms with van der Waals surface area (Å²) in [5.41, 5.74) is 5.73. The maximum absolute atomic E-state index is 6.04. The Hall–Kier alpha value is -0.940. The molecule has 2 atom stereocenters. The molecule has 0 amide bonds. The molecule has 0 aromatic carbocycles. The molecule has 0 saturated heterocycles. The van der Waals surface area contributed by atoms with E-state index in [4.69, 9.17) is 10.5 Å². The summed E-state index contributed by atoms with van der Waals surface area (Å²) in [6.45, 7) is 5.29. The molecule has 1 aliphatic carbocycles. The summed E-state index contributed by atoms with van der Waals surface area (Å²) in [5.74, 6) is 2.49. The van der Waals surface area contributed by atoms with Gasteiger partial charge in [0, 0.05) is 13.6 Å². The van der Waals surface area contributed by atoms with Gasteiger partial charge in [-0.15, -0.1) is 10.2 Å². The second-order valence-corrected chi connectivity index (χ2v) is 5.25. The van der Waals surface area contributed by atoms with Crippen LogP contribution in [0.3, 0.4) is 0 Å². The third-order valence-corrected chi connectivity index (χ3v) is 3.88. The number of nitrogens with two attached hydrogens (primary N) is 1. The molecule has 2 N–H and O–H groups in total. The van der Waals surface area contributed by atoms with Gasteiger partial charge in [-0.25, -0.2) is 0 Å². The number of aromatic nitrogens is 3. The van der Waals surface area contributed by atoms with Crippen molar-refractivity contribution in [2.24, 2.45) is 18.7 Å². The first-order chi connectivity index (χ1) is 8.06. The maximum Gasteiger partial charge on any atom is 0.158 e. The first kappa shape index (κ1) is 12.5. The lowest BCUT2D eigenvalue weighted by Gasteiger charge is -2.27. The van der Waals surface area contributed by atoms with Crippen LogP contribution in [0.15, 0.2) is 0 Å². The number of rotatable bonds is 4. The van der Waals surface area contributed by atoms with Gasteiger partial charge >= 0.3 is 0 Å². The number of hydrogen-bond acceptors (Lipinski definition) is 4. The summed E-state index contributed by atoms with van der Waals surface area (Å²) in [5, 5.41) is 8.13. The largest absolute Gasteiger partial charge is 0.366 e. The molecule has 5 heteroatoms. The fourth-order valence-corrected chi connectivity index (χ4v) is 2.52. The van der Waals surface area contributed by atoms with Crippen LogP contribution in [-0.4, -0.2) is 26.9 Å². The van der Waals surface area contributed by atoms with Gasteiger partial charge in [0.15, 0.2) is 5.82 Å². The second kappa shape index (κ2) is 4.74. The average Bonchev–Trinajstić information content (AvgIpc) is 2.84. The van der Waals surface area contributed by atoms with E-state index in [-0.39, 0.29) is 5.60 Å². The van der Waals surface area contributed by atoms with Crippen LogP contribution >= 0.6 is 0 Å².